The van der Waals surface area contributed by atoms with Crippen molar-refractivity contribution in [3.63, 3.8) is 0 Å². The Kier molecular flexibility index (Phi) is 5.43. The molecule has 7 nitrogen and oxygen atoms in total. The molecule has 136 valence electrons. The molecule has 0 aliphatic rings. The molecule has 0 aliphatic carbocycles. The van der Waals surface area contributed by atoms with E-state index in [0.29, 0.717) is 28.7 Å². The molecule has 0 saturated heterocycles. The summed E-state index contributed by atoms with van der Waals surface area (Å²) in [6.07, 6.45) is 0. The summed E-state index contributed by atoms with van der Waals surface area (Å²) in [5.74, 6) is 1.26. The first kappa shape index (κ1) is 17.8. The van der Waals surface area contributed by atoms with Crippen molar-refractivity contribution < 1.29 is 28.3 Å². The first-order valence-electron chi connectivity index (χ1n) is 7.63. The molecule has 0 atom stereocenters. The van der Waals surface area contributed by atoms with Gasteiger partial charge in [-0.05, 0) is 23.6 Å². The average Bonchev–Trinajstić information content (AvgIpc) is 3.36. The van der Waals surface area contributed by atoms with Gasteiger partial charge < -0.3 is 23.5 Å². The second kappa shape index (κ2) is 7.92. The zero-order valence-electron chi connectivity index (χ0n) is 14.5. The summed E-state index contributed by atoms with van der Waals surface area (Å²) in [7, 11) is 4.45. The molecular weight excluding hydrogens is 358 g/mol. The molecule has 0 bridgehead atoms. The van der Waals surface area contributed by atoms with Crippen LogP contribution in [0.15, 0.2) is 40.2 Å². The highest BCUT2D eigenvalue weighted by Gasteiger charge is 2.18. The van der Waals surface area contributed by atoms with Crippen LogP contribution in [-0.4, -0.2) is 32.5 Å². The Morgan fingerprint density at radius 1 is 1.12 bits per heavy atom. The number of ether oxygens (including phenoxy) is 4. The second-order valence-electron chi connectivity index (χ2n) is 5.15. The summed E-state index contributed by atoms with van der Waals surface area (Å²) in [6.45, 7) is -0.00955. The monoisotopic (exact) mass is 375 g/mol. The predicted octanol–water partition coefficient (Wildman–Crippen LogP) is 3.79. The highest BCUT2D eigenvalue weighted by molar-refractivity contribution is 7.13. The van der Waals surface area contributed by atoms with Crippen LogP contribution in [0.3, 0.4) is 0 Å². The molecule has 0 spiro atoms. The third kappa shape index (κ3) is 3.65. The van der Waals surface area contributed by atoms with E-state index in [4.69, 9.17) is 23.5 Å². The van der Waals surface area contributed by atoms with E-state index in [0.717, 1.165) is 4.88 Å². The highest BCUT2D eigenvalue weighted by Crippen LogP contribution is 2.38. The maximum Gasteiger partial charge on any atom is 0.338 e. The number of methoxy groups -OCH3 is 3. The highest BCUT2D eigenvalue weighted by atomic mass is 32.1. The van der Waals surface area contributed by atoms with Crippen LogP contribution in [0.2, 0.25) is 0 Å². The quantitative estimate of drug-likeness (QED) is 0.581. The van der Waals surface area contributed by atoms with Gasteiger partial charge in [-0.25, -0.2) is 4.79 Å². The number of hydrogen-bond acceptors (Lipinski definition) is 8. The molecule has 0 saturated carbocycles. The molecule has 2 heterocycles. The van der Waals surface area contributed by atoms with Crippen LogP contribution in [0.25, 0.3) is 10.6 Å². The van der Waals surface area contributed by atoms with Crippen molar-refractivity contribution in [1.29, 1.82) is 0 Å². The van der Waals surface area contributed by atoms with Crippen LogP contribution in [0.5, 0.6) is 17.2 Å². The van der Waals surface area contributed by atoms with Crippen LogP contribution in [0.4, 0.5) is 0 Å². The summed E-state index contributed by atoms with van der Waals surface area (Å²) in [4.78, 5) is 13.3. The van der Waals surface area contributed by atoms with E-state index in [1.807, 2.05) is 17.5 Å². The third-order valence-electron chi connectivity index (χ3n) is 3.57. The topological polar surface area (TPSA) is 80.0 Å². The van der Waals surface area contributed by atoms with Gasteiger partial charge in [-0.15, -0.1) is 11.3 Å². The van der Waals surface area contributed by atoms with Gasteiger partial charge in [-0.2, -0.15) is 0 Å². The van der Waals surface area contributed by atoms with Gasteiger partial charge in [0.05, 0.1) is 31.8 Å². The molecule has 0 amide bonds. The number of esters is 1. The van der Waals surface area contributed by atoms with Crippen molar-refractivity contribution in [2.24, 2.45) is 0 Å². The number of nitrogens with zero attached hydrogens (tertiary/aromatic N) is 1. The zero-order valence-corrected chi connectivity index (χ0v) is 15.3. The van der Waals surface area contributed by atoms with E-state index in [-0.39, 0.29) is 12.2 Å². The molecule has 3 aromatic rings. The van der Waals surface area contributed by atoms with Crippen molar-refractivity contribution in [2.75, 3.05) is 21.3 Å². The number of hydrogen-bond donors (Lipinski definition) is 0. The SMILES string of the molecule is COc1cc(C(=O)OCc2cc(-c3cccs3)on2)cc(OC)c1OC. The lowest BCUT2D eigenvalue weighted by Crippen LogP contribution is -2.07. The van der Waals surface area contributed by atoms with Gasteiger partial charge in [0.25, 0.3) is 0 Å². The Balaban J connectivity index is 1.72. The van der Waals surface area contributed by atoms with Crippen molar-refractivity contribution in [2.45, 2.75) is 6.61 Å². The van der Waals surface area contributed by atoms with Gasteiger partial charge >= 0.3 is 5.97 Å². The minimum atomic E-state index is -0.537. The Bertz CT molecular complexity index is 862. The largest absolute Gasteiger partial charge is 0.493 e. The Morgan fingerprint density at radius 2 is 1.85 bits per heavy atom. The summed E-state index contributed by atoms with van der Waals surface area (Å²) >= 11 is 1.54. The van der Waals surface area contributed by atoms with Gasteiger partial charge in [0.1, 0.15) is 12.3 Å². The molecule has 0 fully saturated rings. The van der Waals surface area contributed by atoms with Crippen LogP contribution in [0.1, 0.15) is 16.1 Å². The lowest BCUT2D eigenvalue weighted by atomic mass is 10.2. The van der Waals surface area contributed by atoms with Gasteiger partial charge in [-0.1, -0.05) is 11.2 Å². The van der Waals surface area contributed by atoms with Crippen molar-refractivity contribution >= 4 is 17.3 Å². The summed E-state index contributed by atoms with van der Waals surface area (Å²) in [5, 5.41) is 5.86. The maximum absolute atomic E-state index is 12.4. The number of rotatable bonds is 7. The fourth-order valence-electron chi connectivity index (χ4n) is 2.34. The second-order valence-corrected chi connectivity index (χ2v) is 6.10. The van der Waals surface area contributed by atoms with Crippen molar-refractivity contribution in [3.8, 4) is 27.9 Å². The molecule has 0 aliphatic heterocycles. The molecule has 0 radical (unpaired) electrons. The number of carbonyl (C=O) groups is 1. The molecule has 1 aromatic carbocycles. The lowest BCUT2D eigenvalue weighted by molar-refractivity contribution is 0.0463. The maximum atomic E-state index is 12.4. The van der Waals surface area contributed by atoms with Crippen LogP contribution >= 0.6 is 11.3 Å². The first-order valence-corrected chi connectivity index (χ1v) is 8.50. The van der Waals surface area contributed by atoms with Gasteiger partial charge in [-0.3, -0.25) is 0 Å². The Hall–Kier alpha value is -3.00. The molecular formula is C18H17NO6S. The van der Waals surface area contributed by atoms with E-state index in [2.05, 4.69) is 5.16 Å². The minimum Gasteiger partial charge on any atom is -0.493 e. The fourth-order valence-corrected chi connectivity index (χ4v) is 3.01. The number of carbonyl (C=O) groups excluding carboxylic acids is 1. The minimum absolute atomic E-state index is 0.00955. The number of thiophene rings is 1. The number of benzene rings is 1. The van der Waals surface area contributed by atoms with E-state index in [1.54, 1.807) is 17.4 Å². The Labute approximate surface area is 154 Å². The predicted molar refractivity (Wildman–Crippen MR) is 95.0 cm³/mol. The average molecular weight is 375 g/mol. The molecule has 2 aromatic heterocycles. The van der Waals surface area contributed by atoms with Crippen molar-refractivity contribution in [3.05, 3.63) is 47.0 Å². The molecule has 3 rings (SSSR count). The summed E-state index contributed by atoms with van der Waals surface area (Å²) < 4.78 is 26.3. The zero-order chi connectivity index (χ0) is 18.5. The van der Waals surface area contributed by atoms with Crippen LogP contribution in [0, 0.1) is 0 Å². The van der Waals surface area contributed by atoms with E-state index in [1.165, 1.54) is 33.5 Å². The molecule has 0 unspecified atom stereocenters. The molecule has 0 N–H and O–H groups in total. The van der Waals surface area contributed by atoms with E-state index >= 15 is 0 Å². The third-order valence-corrected chi connectivity index (χ3v) is 4.46. The van der Waals surface area contributed by atoms with Crippen LogP contribution < -0.4 is 14.2 Å². The van der Waals surface area contributed by atoms with Crippen molar-refractivity contribution in [1.82, 2.24) is 5.16 Å². The summed E-state index contributed by atoms with van der Waals surface area (Å²) in [6, 6.07) is 8.66. The van der Waals surface area contributed by atoms with E-state index in [9.17, 15) is 4.79 Å². The molecule has 8 heteroatoms. The first-order chi connectivity index (χ1) is 12.7. The molecule has 26 heavy (non-hydrogen) atoms. The number of aromatic nitrogens is 1. The van der Waals surface area contributed by atoms with Gasteiger partial charge in [0.15, 0.2) is 17.3 Å². The summed E-state index contributed by atoms with van der Waals surface area (Å²) in [5.41, 5.74) is 0.802. The Morgan fingerprint density at radius 3 is 2.42 bits per heavy atom. The normalized spacial score (nSPS) is 10.4. The standard InChI is InChI=1S/C18H17NO6S/c1-21-14-7-11(8-15(22-2)17(14)23-3)18(20)24-10-12-9-13(25-19-12)16-5-4-6-26-16/h4-9H,10H2,1-3H3. The van der Waals surface area contributed by atoms with Crippen LogP contribution in [-0.2, 0) is 11.3 Å². The van der Waals surface area contributed by atoms with Gasteiger partial charge in [0, 0.05) is 6.07 Å². The fraction of sp³-hybridized carbons (Fsp3) is 0.222. The smallest absolute Gasteiger partial charge is 0.338 e. The van der Waals surface area contributed by atoms with E-state index < -0.39 is 5.97 Å². The lowest BCUT2D eigenvalue weighted by Gasteiger charge is -2.13. The van der Waals surface area contributed by atoms with Gasteiger partial charge in [0.2, 0.25) is 5.75 Å².